The molecular weight excluding hydrogens is 304 g/mol. The van der Waals surface area contributed by atoms with Gasteiger partial charge in [0.05, 0.1) is 0 Å². The molecule has 0 fully saturated rings. The van der Waals surface area contributed by atoms with Crippen molar-refractivity contribution in [3.05, 3.63) is 16.8 Å². The van der Waals surface area contributed by atoms with Crippen molar-refractivity contribution in [1.29, 1.82) is 0 Å². The summed E-state index contributed by atoms with van der Waals surface area (Å²) in [4.78, 5) is 11.5. The molecule has 8 heteroatoms. The minimum Gasteiger partial charge on any atom is -0.229 e. The van der Waals surface area contributed by atoms with Crippen LogP contribution in [0.4, 0.5) is 0 Å². The highest BCUT2D eigenvalue weighted by molar-refractivity contribution is 7.99. The number of rotatable bonds is 2. The van der Waals surface area contributed by atoms with Crippen LogP contribution < -0.4 is 0 Å². The highest BCUT2D eigenvalue weighted by Crippen LogP contribution is 2.41. The Labute approximate surface area is 130 Å². The van der Waals surface area contributed by atoms with Gasteiger partial charge in [0, 0.05) is 17.3 Å². The van der Waals surface area contributed by atoms with Crippen molar-refractivity contribution in [2.24, 2.45) is 13.0 Å². The van der Waals surface area contributed by atoms with Crippen LogP contribution in [-0.2, 0) is 19.9 Å². The van der Waals surface area contributed by atoms with E-state index in [-0.39, 0.29) is 0 Å². The molecule has 0 saturated carbocycles. The summed E-state index contributed by atoms with van der Waals surface area (Å²) in [6, 6.07) is 0. The van der Waals surface area contributed by atoms with Crippen LogP contribution >= 0.6 is 23.1 Å². The molecule has 0 aliphatic heterocycles. The molecule has 6 nitrogen and oxygen atoms in total. The van der Waals surface area contributed by atoms with Crippen LogP contribution in [0.1, 0.15) is 23.8 Å². The molecule has 0 saturated heterocycles. The molecule has 21 heavy (non-hydrogen) atoms. The number of nitrogens with zero attached hydrogens (tertiary/aromatic N) is 6. The molecule has 0 unspecified atom stereocenters. The monoisotopic (exact) mass is 318 g/mol. The zero-order chi connectivity index (χ0) is 14.4. The van der Waals surface area contributed by atoms with Crippen LogP contribution in [0, 0.1) is 5.92 Å². The topological polar surface area (TPSA) is 69.4 Å². The molecule has 3 aromatic heterocycles. The van der Waals surface area contributed by atoms with E-state index in [0.29, 0.717) is 0 Å². The van der Waals surface area contributed by atoms with Crippen molar-refractivity contribution < 1.29 is 0 Å². The summed E-state index contributed by atoms with van der Waals surface area (Å²) in [6.07, 6.45) is 5.16. The van der Waals surface area contributed by atoms with Crippen LogP contribution in [0.3, 0.4) is 0 Å². The Morgan fingerprint density at radius 3 is 3.10 bits per heavy atom. The Hall–Kier alpha value is -1.54. The largest absolute Gasteiger partial charge is 0.229 e. The normalized spacial score (nSPS) is 18.1. The molecular formula is C13H14N6S2. The first kappa shape index (κ1) is 13.1. The number of aromatic nitrogens is 6. The van der Waals surface area contributed by atoms with E-state index in [0.717, 1.165) is 33.8 Å². The smallest absolute Gasteiger partial charge is 0.215 e. The Balaban J connectivity index is 1.84. The minimum atomic E-state index is 0.749. The van der Waals surface area contributed by atoms with Crippen LogP contribution in [0.25, 0.3) is 10.2 Å². The fourth-order valence-electron chi connectivity index (χ4n) is 2.72. The fourth-order valence-corrected chi connectivity index (χ4v) is 4.97. The van der Waals surface area contributed by atoms with Gasteiger partial charge in [-0.25, -0.2) is 14.6 Å². The summed E-state index contributed by atoms with van der Waals surface area (Å²) in [5, 5.41) is 14.5. The molecule has 4 rings (SSSR count). The lowest BCUT2D eigenvalue weighted by atomic mass is 9.89. The summed E-state index contributed by atoms with van der Waals surface area (Å²) in [6.45, 7) is 2.32. The van der Waals surface area contributed by atoms with Gasteiger partial charge in [-0.3, -0.25) is 0 Å². The number of thiophene rings is 1. The minimum absolute atomic E-state index is 0.749. The van der Waals surface area contributed by atoms with Crippen molar-refractivity contribution in [3.8, 4) is 0 Å². The van der Waals surface area contributed by atoms with Gasteiger partial charge in [-0.15, -0.1) is 16.4 Å². The van der Waals surface area contributed by atoms with Crippen molar-refractivity contribution >= 4 is 33.3 Å². The molecule has 3 heterocycles. The molecule has 0 aromatic carbocycles. The second-order valence-electron chi connectivity index (χ2n) is 5.40. The Morgan fingerprint density at radius 2 is 2.29 bits per heavy atom. The zero-order valence-corrected chi connectivity index (χ0v) is 13.4. The average Bonchev–Trinajstić information content (AvgIpc) is 3.02. The third-order valence-electron chi connectivity index (χ3n) is 3.83. The molecule has 0 bridgehead atoms. The van der Waals surface area contributed by atoms with Crippen LogP contribution in [0.15, 0.2) is 16.5 Å². The second kappa shape index (κ2) is 5.03. The van der Waals surface area contributed by atoms with Crippen molar-refractivity contribution in [2.75, 3.05) is 0 Å². The summed E-state index contributed by atoms with van der Waals surface area (Å²) in [7, 11) is 1.84. The Kier molecular flexibility index (Phi) is 3.15. The van der Waals surface area contributed by atoms with Gasteiger partial charge in [0.15, 0.2) is 0 Å². The molecule has 0 spiro atoms. The zero-order valence-electron chi connectivity index (χ0n) is 11.8. The van der Waals surface area contributed by atoms with E-state index < -0.39 is 0 Å². The molecule has 0 radical (unpaired) electrons. The molecule has 0 N–H and O–H groups in total. The molecule has 1 aliphatic rings. The van der Waals surface area contributed by atoms with Crippen LogP contribution in [-0.4, -0.2) is 30.2 Å². The van der Waals surface area contributed by atoms with Gasteiger partial charge in [-0.05, 0) is 52.9 Å². The molecule has 1 atom stereocenters. The van der Waals surface area contributed by atoms with Gasteiger partial charge in [0.2, 0.25) is 5.16 Å². The maximum atomic E-state index is 4.47. The molecule has 0 amide bonds. The summed E-state index contributed by atoms with van der Waals surface area (Å²) < 4.78 is 1.67. The number of aryl methyl sites for hydroxylation is 2. The van der Waals surface area contributed by atoms with Gasteiger partial charge in [-0.2, -0.15) is 0 Å². The first-order chi connectivity index (χ1) is 10.2. The first-order valence-electron chi connectivity index (χ1n) is 6.88. The second-order valence-corrected chi connectivity index (χ2v) is 7.44. The molecule has 1 aliphatic carbocycles. The summed E-state index contributed by atoms with van der Waals surface area (Å²) >= 11 is 3.32. The predicted octanol–water partition coefficient (Wildman–Crippen LogP) is 2.49. The van der Waals surface area contributed by atoms with E-state index in [1.165, 1.54) is 34.0 Å². The van der Waals surface area contributed by atoms with Gasteiger partial charge in [0.25, 0.3) is 0 Å². The highest BCUT2D eigenvalue weighted by Gasteiger charge is 2.23. The number of tetrazole rings is 1. The van der Waals surface area contributed by atoms with E-state index in [1.54, 1.807) is 11.0 Å². The SMILES string of the molecule is C[C@@H]1CCc2c(sc3ncnc(Sc4nnnn4C)c23)C1. The van der Waals surface area contributed by atoms with Gasteiger partial charge in [-0.1, -0.05) is 6.92 Å². The van der Waals surface area contributed by atoms with Crippen molar-refractivity contribution in [1.82, 2.24) is 30.2 Å². The van der Waals surface area contributed by atoms with Gasteiger partial charge >= 0.3 is 0 Å². The fraction of sp³-hybridized carbons (Fsp3) is 0.462. The lowest BCUT2D eigenvalue weighted by Crippen LogP contribution is -2.08. The van der Waals surface area contributed by atoms with E-state index >= 15 is 0 Å². The highest BCUT2D eigenvalue weighted by atomic mass is 32.2. The van der Waals surface area contributed by atoms with E-state index in [4.69, 9.17) is 0 Å². The van der Waals surface area contributed by atoms with E-state index in [1.807, 2.05) is 18.4 Å². The summed E-state index contributed by atoms with van der Waals surface area (Å²) in [5.41, 5.74) is 1.44. The quantitative estimate of drug-likeness (QED) is 0.676. The lowest BCUT2D eigenvalue weighted by Gasteiger charge is -2.17. The molecule has 108 valence electrons. The van der Waals surface area contributed by atoms with Gasteiger partial charge in [0.1, 0.15) is 16.2 Å². The number of fused-ring (bicyclic) bond motifs is 3. The van der Waals surface area contributed by atoms with E-state index in [2.05, 4.69) is 32.4 Å². The third kappa shape index (κ3) is 2.22. The average molecular weight is 318 g/mol. The summed E-state index contributed by atoms with van der Waals surface area (Å²) in [5.74, 6) is 0.762. The standard InChI is InChI=1S/C13H14N6S2/c1-7-3-4-8-9(5-7)20-11-10(8)12(15-6-14-11)21-13-16-17-18-19(13)2/h6-7H,3-5H2,1-2H3/t7-/m1/s1. The molecule has 3 aromatic rings. The number of hydrogen-bond acceptors (Lipinski definition) is 7. The predicted molar refractivity (Wildman–Crippen MR) is 81.5 cm³/mol. The maximum absolute atomic E-state index is 4.47. The first-order valence-corrected chi connectivity index (χ1v) is 8.51. The van der Waals surface area contributed by atoms with Crippen molar-refractivity contribution in [2.45, 2.75) is 36.4 Å². The van der Waals surface area contributed by atoms with E-state index in [9.17, 15) is 0 Å². The Morgan fingerprint density at radius 1 is 1.38 bits per heavy atom. The number of hydrogen-bond donors (Lipinski definition) is 0. The maximum Gasteiger partial charge on any atom is 0.215 e. The van der Waals surface area contributed by atoms with Crippen molar-refractivity contribution in [3.63, 3.8) is 0 Å². The third-order valence-corrected chi connectivity index (χ3v) is 6.02. The van der Waals surface area contributed by atoms with Crippen LogP contribution in [0.5, 0.6) is 0 Å². The lowest BCUT2D eigenvalue weighted by molar-refractivity contribution is 0.509. The van der Waals surface area contributed by atoms with Crippen LogP contribution in [0.2, 0.25) is 0 Å². The van der Waals surface area contributed by atoms with Gasteiger partial charge < -0.3 is 0 Å². The Bertz CT molecular complexity index is 808.